The van der Waals surface area contributed by atoms with Crippen molar-refractivity contribution < 1.29 is 4.74 Å². The SMILES string of the molecule is CCCCCOc1ccc2c(c1)N=C[N]2. The lowest BCUT2D eigenvalue weighted by atomic mass is 10.2. The van der Waals surface area contributed by atoms with E-state index in [2.05, 4.69) is 17.2 Å². The van der Waals surface area contributed by atoms with Crippen molar-refractivity contribution in [3.63, 3.8) is 0 Å². The summed E-state index contributed by atoms with van der Waals surface area (Å²) in [6, 6.07) is 5.83. The van der Waals surface area contributed by atoms with Crippen LogP contribution in [0.25, 0.3) is 0 Å². The summed E-state index contributed by atoms with van der Waals surface area (Å²) >= 11 is 0. The fourth-order valence-electron chi connectivity index (χ4n) is 1.50. The van der Waals surface area contributed by atoms with Crippen LogP contribution in [0.2, 0.25) is 0 Å². The van der Waals surface area contributed by atoms with E-state index >= 15 is 0 Å². The molecule has 0 aliphatic carbocycles. The van der Waals surface area contributed by atoms with Gasteiger partial charge in [-0.05, 0) is 18.6 Å². The van der Waals surface area contributed by atoms with Gasteiger partial charge in [0.2, 0.25) is 0 Å². The van der Waals surface area contributed by atoms with Gasteiger partial charge in [-0.2, -0.15) is 0 Å². The van der Waals surface area contributed by atoms with E-state index in [9.17, 15) is 0 Å². The lowest BCUT2D eigenvalue weighted by Gasteiger charge is -2.06. The average Bonchev–Trinajstić information content (AvgIpc) is 2.71. The number of benzene rings is 1. The molecule has 79 valence electrons. The van der Waals surface area contributed by atoms with Gasteiger partial charge in [-0.25, -0.2) is 10.3 Å². The van der Waals surface area contributed by atoms with E-state index in [1.54, 1.807) is 6.34 Å². The Kier molecular flexibility index (Phi) is 3.22. The van der Waals surface area contributed by atoms with Gasteiger partial charge in [-0.15, -0.1) is 0 Å². The van der Waals surface area contributed by atoms with E-state index in [4.69, 9.17) is 4.74 Å². The molecule has 1 aliphatic rings. The molecule has 1 aromatic carbocycles. The summed E-state index contributed by atoms with van der Waals surface area (Å²) in [4.78, 5) is 4.13. The van der Waals surface area contributed by atoms with Gasteiger partial charge >= 0.3 is 0 Å². The molecule has 15 heavy (non-hydrogen) atoms. The first-order valence-electron chi connectivity index (χ1n) is 5.40. The Bertz CT molecular complexity index is 361. The number of ether oxygens (including phenoxy) is 1. The quantitative estimate of drug-likeness (QED) is 0.677. The van der Waals surface area contributed by atoms with Crippen LogP contribution in [0, 0.1) is 0 Å². The van der Waals surface area contributed by atoms with Crippen molar-refractivity contribution in [3.05, 3.63) is 18.2 Å². The van der Waals surface area contributed by atoms with E-state index in [1.807, 2.05) is 18.2 Å². The summed E-state index contributed by atoms with van der Waals surface area (Å²) < 4.78 is 5.62. The van der Waals surface area contributed by atoms with Gasteiger partial charge in [0.1, 0.15) is 12.1 Å². The molecule has 0 bridgehead atoms. The van der Waals surface area contributed by atoms with Crippen LogP contribution in [0.4, 0.5) is 11.4 Å². The third kappa shape index (κ3) is 2.49. The Morgan fingerprint density at radius 1 is 1.20 bits per heavy atom. The second-order valence-corrected chi connectivity index (χ2v) is 3.58. The smallest absolute Gasteiger partial charge is 0.121 e. The summed E-state index contributed by atoms with van der Waals surface area (Å²) in [5.41, 5.74) is 1.83. The van der Waals surface area contributed by atoms with E-state index in [0.717, 1.165) is 30.2 Å². The average molecular weight is 203 g/mol. The van der Waals surface area contributed by atoms with Gasteiger partial charge in [-0.3, -0.25) is 0 Å². The summed E-state index contributed by atoms with van der Waals surface area (Å²) in [7, 11) is 0. The van der Waals surface area contributed by atoms with Gasteiger partial charge in [0.25, 0.3) is 0 Å². The minimum Gasteiger partial charge on any atom is -0.494 e. The molecule has 0 atom stereocenters. The third-order valence-electron chi connectivity index (χ3n) is 2.36. The van der Waals surface area contributed by atoms with E-state index in [-0.39, 0.29) is 0 Å². The molecule has 1 radical (unpaired) electrons. The molecule has 1 heterocycles. The number of unbranched alkanes of at least 4 members (excludes halogenated alkanes) is 2. The topological polar surface area (TPSA) is 35.7 Å². The highest BCUT2D eigenvalue weighted by Crippen LogP contribution is 2.32. The molecular weight excluding hydrogens is 188 g/mol. The Labute approximate surface area is 90.2 Å². The summed E-state index contributed by atoms with van der Waals surface area (Å²) in [6.45, 7) is 2.97. The molecule has 0 N–H and O–H groups in total. The Balaban J connectivity index is 1.89. The highest BCUT2D eigenvalue weighted by Gasteiger charge is 2.07. The molecule has 3 heteroatoms. The van der Waals surface area contributed by atoms with Crippen LogP contribution in [-0.2, 0) is 0 Å². The van der Waals surface area contributed by atoms with Crippen LogP contribution < -0.4 is 10.1 Å². The van der Waals surface area contributed by atoms with Crippen molar-refractivity contribution in [1.82, 2.24) is 5.32 Å². The first-order chi connectivity index (χ1) is 7.40. The predicted molar refractivity (Wildman–Crippen MR) is 61.4 cm³/mol. The van der Waals surface area contributed by atoms with Gasteiger partial charge in [0.15, 0.2) is 0 Å². The largest absolute Gasteiger partial charge is 0.494 e. The zero-order chi connectivity index (χ0) is 10.5. The highest BCUT2D eigenvalue weighted by atomic mass is 16.5. The van der Waals surface area contributed by atoms with Gasteiger partial charge in [0, 0.05) is 6.07 Å². The zero-order valence-electron chi connectivity index (χ0n) is 8.94. The molecule has 0 amide bonds. The summed E-state index contributed by atoms with van der Waals surface area (Å²) in [5, 5.41) is 4.10. The van der Waals surface area contributed by atoms with Gasteiger partial charge in [0.05, 0.1) is 18.0 Å². The normalized spacial score (nSPS) is 12.3. The van der Waals surface area contributed by atoms with Crippen LogP contribution >= 0.6 is 0 Å². The van der Waals surface area contributed by atoms with E-state index in [0.29, 0.717) is 0 Å². The fourth-order valence-corrected chi connectivity index (χ4v) is 1.50. The molecule has 0 spiro atoms. The molecule has 2 rings (SSSR count). The monoisotopic (exact) mass is 203 g/mol. The minimum atomic E-state index is 0.785. The number of hydrogen-bond acceptors (Lipinski definition) is 2. The highest BCUT2D eigenvalue weighted by molar-refractivity contribution is 5.82. The standard InChI is InChI=1S/C12H15N2O/c1-2-3-4-7-15-10-5-6-11-12(8-10)14-9-13-11/h5-6,8-9H,2-4,7H2,1H3. The van der Waals surface area contributed by atoms with Crippen molar-refractivity contribution in [2.75, 3.05) is 6.61 Å². The van der Waals surface area contributed by atoms with Crippen molar-refractivity contribution in [2.24, 2.45) is 4.99 Å². The summed E-state index contributed by atoms with van der Waals surface area (Å²) in [6.07, 6.45) is 5.13. The molecule has 1 aromatic rings. The molecule has 0 saturated carbocycles. The first-order valence-corrected chi connectivity index (χ1v) is 5.40. The minimum absolute atomic E-state index is 0.785. The molecule has 0 aromatic heterocycles. The van der Waals surface area contributed by atoms with Crippen LogP contribution in [-0.4, -0.2) is 12.9 Å². The molecule has 1 aliphatic heterocycles. The molecule has 3 nitrogen and oxygen atoms in total. The number of nitrogens with zero attached hydrogens (tertiary/aromatic N) is 2. The van der Waals surface area contributed by atoms with Crippen molar-refractivity contribution in [1.29, 1.82) is 0 Å². The maximum atomic E-state index is 5.62. The molecule has 0 fully saturated rings. The zero-order valence-corrected chi connectivity index (χ0v) is 8.94. The Morgan fingerprint density at radius 3 is 3.00 bits per heavy atom. The maximum Gasteiger partial charge on any atom is 0.121 e. The number of rotatable bonds is 5. The van der Waals surface area contributed by atoms with Crippen LogP contribution in [0.5, 0.6) is 5.75 Å². The third-order valence-corrected chi connectivity index (χ3v) is 2.36. The van der Waals surface area contributed by atoms with Crippen LogP contribution in [0.15, 0.2) is 23.2 Å². The number of aliphatic imine (C=N–C) groups is 1. The Morgan fingerprint density at radius 2 is 2.13 bits per heavy atom. The van der Waals surface area contributed by atoms with Crippen LogP contribution in [0.1, 0.15) is 26.2 Å². The number of fused-ring (bicyclic) bond motifs is 1. The predicted octanol–water partition coefficient (Wildman–Crippen LogP) is 3.16. The second kappa shape index (κ2) is 4.82. The molecular formula is C12H15N2O. The van der Waals surface area contributed by atoms with Crippen molar-refractivity contribution in [3.8, 4) is 5.75 Å². The summed E-state index contributed by atoms with van der Waals surface area (Å²) in [5.74, 6) is 0.888. The fraction of sp³-hybridized carbons (Fsp3) is 0.417. The maximum absolute atomic E-state index is 5.62. The van der Waals surface area contributed by atoms with Crippen molar-refractivity contribution in [2.45, 2.75) is 26.2 Å². The van der Waals surface area contributed by atoms with Gasteiger partial charge < -0.3 is 4.74 Å². The van der Waals surface area contributed by atoms with Crippen LogP contribution in [0.3, 0.4) is 0 Å². The van der Waals surface area contributed by atoms with E-state index in [1.165, 1.54) is 12.8 Å². The number of hydrogen-bond donors (Lipinski definition) is 0. The second-order valence-electron chi connectivity index (χ2n) is 3.58. The lowest BCUT2D eigenvalue weighted by molar-refractivity contribution is 0.306. The Hall–Kier alpha value is -1.51. The molecule has 0 saturated heterocycles. The lowest BCUT2D eigenvalue weighted by Crippen LogP contribution is -1.96. The van der Waals surface area contributed by atoms with Crippen molar-refractivity contribution >= 4 is 17.7 Å². The first kappa shape index (κ1) is 10.0. The van der Waals surface area contributed by atoms with Gasteiger partial charge in [-0.1, -0.05) is 19.8 Å². The van der Waals surface area contributed by atoms with E-state index < -0.39 is 0 Å². The molecule has 0 unspecified atom stereocenters.